The molecule has 102 valence electrons. The lowest BCUT2D eigenvalue weighted by Crippen LogP contribution is -2.29. The summed E-state index contributed by atoms with van der Waals surface area (Å²) >= 11 is -0.666. The minimum atomic E-state index is -0.666. The fourth-order valence-corrected chi connectivity index (χ4v) is 3.54. The number of allylic oxidation sites excluding steroid dienone is 1. The molecule has 0 bridgehead atoms. The van der Waals surface area contributed by atoms with Crippen LogP contribution in [-0.4, -0.2) is 6.61 Å². The Kier molecular flexibility index (Phi) is 3.52. The second kappa shape index (κ2) is 5.46. The van der Waals surface area contributed by atoms with Crippen LogP contribution in [0.2, 0.25) is 0 Å². The predicted molar refractivity (Wildman–Crippen MR) is 74.7 cm³/mol. The molecule has 0 radical (unpaired) electrons. The zero-order chi connectivity index (χ0) is 13.9. The van der Waals surface area contributed by atoms with Crippen LogP contribution in [0.15, 0.2) is 67.2 Å². The summed E-state index contributed by atoms with van der Waals surface area (Å²) in [5.74, 6) is -0.342. The van der Waals surface area contributed by atoms with Gasteiger partial charge in [0.2, 0.25) is 16.0 Å². The molecule has 20 heavy (non-hydrogen) atoms. The average Bonchev–Trinajstić information content (AvgIpc) is 2.94. The van der Waals surface area contributed by atoms with Gasteiger partial charge in [0, 0.05) is 12.1 Å². The van der Waals surface area contributed by atoms with Crippen LogP contribution in [-0.2, 0) is 15.8 Å². The van der Waals surface area contributed by atoms with Crippen molar-refractivity contribution in [1.29, 1.82) is 0 Å². The van der Waals surface area contributed by atoms with Gasteiger partial charge in [-0.15, -0.1) is 0 Å². The number of ether oxygens (including phenoxy) is 1. The number of benzene rings is 1. The summed E-state index contributed by atoms with van der Waals surface area (Å²) < 4.78 is 15.1. The Labute approximate surface area is 119 Å². The van der Waals surface area contributed by atoms with Crippen LogP contribution in [0, 0.1) is 0 Å². The quantitative estimate of drug-likeness (QED) is 0.621. The van der Waals surface area contributed by atoms with Crippen LogP contribution >= 0.6 is 0 Å². The molecule has 1 aromatic heterocycles. The molecule has 3 rings (SSSR count). The molecule has 4 nitrogen and oxygen atoms in total. The van der Waals surface area contributed by atoms with Gasteiger partial charge in [0.1, 0.15) is 5.95 Å². The van der Waals surface area contributed by atoms with Gasteiger partial charge in [0.05, 0.1) is 6.26 Å². The molecule has 2 aromatic rings. The van der Waals surface area contributed by atoms with Gasteiger partial charge in [-0.25, -0.2) is 0 Å². The summed E-state index contributed by atoms with van der Waals surface area (Å²) in [6.45, 7) is 2.13. The first-order valence-corrected chi connectivity index (χ1v) is 7.45. The zero-order valence-electron chi connectivity index (χ0n) is 10.9. The first-order valence-electron chi connectivity index (χ1n) is 6.27. The molecule has 0 aliphatic carbocycles. The van der Waals surface area contributed by atoms with E-state index in [2.05, 4.69) is 4.40 Å². The maximum Gasteiger partial charge on any atom is 0.215 e. The van der Waals surface area contributed by atoms with Crippen molar-refractivity contribution in [2.24, 2.45) is 4.40 Å². The normalized spacial score (nSPS) is 19.6. The third-order valence-electron chi connectivity index (χ3n) is 2.78. The number of furan rings is 1. The second-order valence-electron chi connectivity index (χ2n) is 4.09. The number of hydrogen-bond donors (Lipinski definition) is 0. The summed E-state index contributed by atoms with van der Waals surface area (Å²) in [5.41, 5.74) is 0.604. The largest absolute Gasteiger partial charge is 0.610 e. The molecule has 0 amide bonds. The van der Waals surface area contributed by atoms with Gasteiger partial charge in [-0.1, -0.05) is 25.1 Å². The van der Waals surface area contributed by atoms with E-state index in [1.54, 1.807) is 25.3 Å². The standard InChI is InChI=1S/C15H13NO3S/c1-2-18-15(17)14-10-13-12(8-9-19-13)16-20(14)11-6-4-3-5-7-11/h3-10H,2H2,1H3. The van der Waals surface area contributed by atoms with Crippen molar-refractivity contribution in [2.45, 2.75) is 11.8 Å². The molecule has 1 unspecified atom stereocenters. The highest BCUT2D eigenvalue weighted by atomic mass is 32.2. The van der Waals surface area contributed by atoms with Gasteiger partial charge in [0.15, 0.2) is 15.7 Å². The van der Waals surface area contributed by atoms with Crippen LogP contribution in [0.5, 0.6) is 0 Å². The molecule has 0 N–H and O–H groups in total. The molecule has 0 spiro atoms. The fourth-order valence-electron chi connectivity index (χ4n) is 1.89. The van der Waals surface area contributed by atoms with Gasteiger partial charge in [-0.2, -0.15) is 0 Å². The molecular formula is C15H13NO3S. The van der Waals surface area contributed by atoms with E-state index in [1.165, 1.54) is 0 Å². The predicted octanol–water partition coefficient (Wildman–Crippen LogP) is 0.852. The highest BCUT2D eigenvalue weighted by Crippen LogP contribution is 2.26. The summed E-state index contributed by atoms with van der Waals surface area (Å²) in [6, 6.07) is 11.5. The van der Waals surface area contributed by atoms with E-state index in [0.29, 0.717) is 16.9 Å². The lowest BCUT2D eigenvalue weighted by Gasteiger charge is -2.15. The minimum absolute atomic E-state index is 0.340. The zero-order valence-corrected chi connectivity index (χ0v) is 11.7. The molecule has 2 heterocycles. The SMILES string of the molecule is CCO/C([O-])=C1\C=c2occc2=N[S+]1c1ccccc1. The van der Waals surface area contributed by atoms with Crippen molar-refractivity contribution in [2.75, 3.05) is 6.61 Å². The van der Waals surface area contributed by atoms with E-state index < -0.39 is 11.1 Å². The number of hydrogen-bond acceptors (Lipinski definition) is 4. The van der Waals surface area contributed by atoms with Crippen LogP contribution in [0.4, 0.5) is 0 Å². The van der Waals surface area contributed by atoms with E-state index in [0.717, 1.165) is 10.3 Å². The molecule has 5 heteroatoms. The third-order valence-corrected chi connectivity index (χ3v) is 4.58. The second-order valence-corrected chi connectivity index (χ2v) is 5.75. The van der Waals surface area contributed by atoms with Gasteiger partial charge in [-0.05, 0) is 23.1 Å². The van der Waals surface area contributed by atoms with E-state index in [-0.39, 0.29) is 5.95 Å². The molecule has 1 aromatic carbocycles. The fraction of sp³-hybridized carbons (Fsp3) is 0.133. The first-order chi connectivity index (χ1) is 9.79. The van der Waals surface area contributed by atoms with Crippen LogP contribution < -0.4 is 15.9 Å². The number of nitrogens with zero attached hydrogens (tertiary/aromatic N) is 1. The summed E-state index contributed by atoms with van der Waals surface area (Å²) in [4.78, 5) is 1.51. The van der Waals surface area contributed by atoms with Gasteiger partial charge < -0.3 is 14.3 Å². The van der Waals surface area contributed by atoms with E-state index in [4.69, 9.17) is 9.15 Å². The Bertz CT molecular complexity index is 749. The van der Waals surface area contributed by atoms with Crippen LogP contribution in [0.25, 0.3) is 6.08 Å². The molecule has 0 fully saturated rings. The summed E-state index contributed by atoms with van der Waals surface area (Å²) in [5, 5.41) is 12.9. The Morgan fingerprint density at radius 2 is 2.10 bits per heavy atom. The summed E-state index contributed by atoms with van der Waals surface area (Å²) in [6.07, 6.45) is 3.31. The van der Waals surface area contributed by atoms with Crippen LogP contribution in [0.1, 0.15) is 6.92 Å². The number of fused-ring (bicyclic) bond motifs is 1. The molecule has 0 saturated carbocycles. The Hall–Kier alpha value is -2.14. The van der Waals surface area contributed by atoms with Crippen molar-refractivity contribution < 1.29 is 14.3 Å². The lowest BCUT2D eigenvalue weighted by atomic mass is 10.4. The lowest BCUT2D eigenvalue weighted by molar-refractivity contribution is -0.356. The number of rotatable bonds is 3. The smallest absolute Gasteiger partial charge is 0.215 e. The van der Waals surface area contributed by atoms with Gasteiger partial charge in [0.25, 0.3) is 0 Å². The van der Waals surface area contributed by atoms with E-state index in [1.807, 2.05) is 30.3 Å². The summed E-state index contributed by atoms with van der Waals surface area (Å²) in [7, 11) is 0. The van der Waals surface area contributed by atoms with Gasteiger partial charge >= 0.3 is 0 Å². The minimum Gasteiger partial charge on any atom is -0.610 e. The van der Waals surface area contributed by atoms with E-state index in [9.17, 15) is 5.11 Å². The highest BCUT2D eigenvalue weighted by molar-refractivity contribution is 7.99. The maximum atomic E-state index is 12.1. The average molecular weight is 287 g/mol. The van der Waals surface area contributed by atoms with Crippen molar-refractivity contribution in [3.8, 4) is 0 Å². The Balaban J connectivity index is 2.18. The third kappa shape index (κ3) is 2.32. The monoisotopic (exact) mass is 287 g/mol. The van der Waals surface area contributed by atoms with Crippen LogP contribution in [0.3, 0.4) is 0 Å². The van der Waals surface area contributed by atoms with Gasteiger partial charge in [-0.3, -0.25) is 0 Å². The van der Waals surface area contributed by atoms with Crippen molar-refractivity contribution >= 4 is 17.2 Å². The molecule has 1 atom stereocenters. The Morgan fingerprint density at radius 1 is 1.30 bits per heavy atom. The molecule has 1 aliphatic rings. The Morgan fingerprint density at radius 3 is 2.85 bits per heavy atom. The topological polar surface area (TPSA) is 57.8 Å². The first kappa shape index (κ1) is 12.9. The molecule has 1 aliphatic heterocycles. The highest BCUT2D eigenvalue weighted by Gasteiger charge is 2.31. The van der Waals surface area contributed by atoms with Crippen molar-refractivity contribution in [3.05, 3.63) is 64.3 Å². The molecular weight excluding hydrogens is 274 g/mol. The maximum absolute atomic E-state index is 12.1. The van der Waals surface area contributed by atoms with E-state index >= 15 is 0 Å². The van der Waals surface area contributed by atoms with Crippen molar-refractivity contribution in [1.82, 2.24) is 0 Å². The molecule has 0 saturated heterocycles. The van der Waals surface area contributed by atoms with Crippen molar-refractivity contribution in [3.63, 3.8) is 0 Å².